The number of nitrogens with zero attached hydrogens (tertiary/aromatic N) is 1. The van der Waals surface area contributed by atoms with Gasteiger partial charge in [-0.1, -0.05) is 66.2 Å². The Morgan fingerprint density at radius 2 is 1.55 bits per heavy atom. The molecule has 3 aromatic carbocycles. The zero-order valence-corrected chi connectivity index (χ0v) is 19.1. The molecule has 0 radical (unpaired) electrons. The molecule has 1 amide bonds. The van der Waals surface area contributed by atoms with Crippen molar-refractivity contribution in [3.05, 3.63) is 107 Å². The Morgan fingerprint density at radius 3 is 2.30 bits per heavy atom. The first-order chi connectivity index (χ1) is 15.9. The fourth-order valence-electron chi connectivity index (χ4n) is 4.40. The molecule has 0 fully saturated rings. The topological polar surface area (TPSA) is 51.2 Å². The highest BCUT2D eigenvalue weighted by Gasteiger charge is 2.38. The van der Waals surface area contributed by atoms with E-state index in [-0.39, 0.29) is 5.91 Å². The number of carbonyl (C=O) groups excluding carboxylic acids is 1. The van der Waals surface area contributed by atoms with Crippen LogP contribution in [-0.4, -0.2) is 16.4 Å². The van der Waals surface area contributed by atoms with Crippen molar-refractivity contribution in [2.45, 2.75) is 32.9 Å². The van der Waals surface area contributed by atoms with Crippen LogP contribution in [0.25, 0.3) is 22.0 Å². The van der Waals surface area contributed by atoms with E-state index in [1.54, 1.807) is 0 Å². The molecule has 5 rings (SSSR count). The summed E-state index contributed by atoms with van der Waals surface area (Å²) < 4.78 is 5.97. The van der Waals surface area contributed by atoms with E-state index in [1.807, 2.05) is 68.4 Å². The minimum Gasteiger partial charge on any atom is -0.487 e. The lowest BCUT2D eigenvalue weighted by Crippen LogP contribution is -2.37. The van der Waals surface area contributed by atoms with E-state index in [1.165, 1.54) is 5.56 Å². The number of hydrogen-bond donors (Lipinski definition) is 1. The molecule has 0 spiro atoms. The molecule has 1 N–H and O–H groups in total. The molecule has 1 aliphatic heterocycles. The van der Waals surface area contributed by atoms with Crippen molar-refractivity contribution in [3.8, 4) is 5.75 Å². The zero-order valence-electron chi connectivity index (χ0n) is 19.1. The lowest BCUT2D eigenvalue weighted by atomic mass is 9.86. The van der Waals surface area contributed by atoms with Gasteiger partial charge in [0.15, 0.2) is 0 Å². The molecule has 4 aromatic rings. The minimum atomic E-state index is -0.446. The number of carbonyl (C=O) groups is 1. The summed E-state index contributed by atoms with van der Waals surface area (Å²) >= 11 is 0. The summed E-state index contributed by atoms with van der Waals surface area (Å²) in [6, 6.07) is 28.1. The van der Waals surface area contributed by atoms with Gasteiger partial charge in [-0.05, 0) is 61.7 Å². The van der Waals surface area contributed by atoms with Crippen LogP contribution in [0.5, 0.6) is 5.75 Å². The van der Waals surface area contributed by atoms with Crippen LogP contribution in [0.15, 0.2) is 84.9 Å². The van der Waals surface area contributed by atoms with Crippen molar-refractivity contribution in [2.24, 2.45) is 0 Å². The monoisotopic (exact) mass is 434 g/mol. The number of benzene rings is 3. The van der Waals surface area contributed by atoms with E-state index in [0.717, 1.165) is 39.0 Å². The van der Waals surface area contributed by atoms with Crippen molar-refractivity contribution in [1.29, 1.82) is 0 Å². The van der Waals surface area contributed by atoms with E-state index in [4.69, 9.17) is 4.74 Å². The molecule has 0 atom stereocenters. The Balaban J connectivity index is 1.40. The highest BCUT2D eigenvalue weighted by Crippen LogP contribution is 2.40. The van der Waals surface area contributed by atoms with Crippen molar-refractivity contribution in [3.63, 3.8) is 0 Å². The average molecular weight is 435 g/mol. The summed E-state index contributed by atoms with van der Waals surface area (Å²) in [6.45, 7) is 6.53. The Kier molecular flexibility index (Phi) is 5.21. The van der Waals surface area contributed by atoms with Gasteiger partial charge in [0.25, 0.3) is 5.91 Å². The summed E-state index contributed by atoms with van der Waals surface area (Å²) in [5.41, 5.74) is 6.25. The lowest BCUT2D eigenvalue weighted by molar-refractivity contribution is -0.115. The number of hydrogen-bond acceptors (Lipinski definition) is 3. The third-order valence-corrected chi connectivity index (χ3v) is 6.05. The van der Waals surface area contributed by atoms with Gasteiger partial charge in [-0.15, -0.1) is 0 Å². The second-order valence-corrected chi connectivity index (χ2v) is 9.00. The number of nitrogens with one attached hydrogen (secondary N) is 1. The Labute approximate surface area is 193 Å². The van der Waals surface area contributed by atoms with Crippen molar-refractivity contribution >= 4 is 28.0 Å². The van der Waals surface area contributed by atoms with Crippen LogP contribution in [0.4, 0.5) is 0 Å². The Hall–Kier alpha value is -3.92. The van der Waals surface area contributed by atoms with Gasteiger partial charge in [0.1, 0.15) is 12.4 Å². The smallest absolute Gasteiger partial charge is 0.252 e. The maximum absolute atomic E-state index is 12.9. The summed E-state index contributed by atoms with van der Waals surface area (Å²) in [5, 5.41) is 4.24. The molecule has 0 aliphatic carbocycles. The molecule has 0 unspecified atom stereocenters. The number of rotatable bonds is 5. The Morgan fingerprint density at radius 1 is 0.848 bits per heavy atom. The summed E-state index contributed by atoms with van der Waals surface area (Å²) in [5.74, 6) is 0.688. The molecule has 33 heavy (non-hydrogen) atoms. The largest absolute Gasteiger partial charge is 0.487 e. The van der Waals surface area contributed by atoms with Crippen molar-refractivity contribution < 1.29 is 9.53 Å². The average Bonchev–Trinajstić information content (AvgIpc) is 3.06. The SMILES string of the molecule is Cc1ccc(C2=C(c3ccc(OCc4ccc5ccccc5n4)cc3)C(=O)NC2(C)C)cc1. The molecular weight excluding hydrogens is 408 g/mol. The molecule has 4 nitrogen and oxygen atoms in total. The number of fused-ring (bicyclic) bond motifs is 1. The maximum Gasteiger partial charge on any atom is 0.252 e. The molecule has 0 bridgehead atoms. The lowest BCUT2D eigenvalue weighted by Gasteiger charge is -2.23. The number of para-hydroxylation sites is 1. The highest BCUT2D eigenvalue weighted by molar-refractivity contribution is 6.31. The molecule has 0 saturated carbocycles. The zero-order chi connectivity index (χ0) is 23.0. The molecule has 1 aromatic heterocycles. The summed E-state index contributed by atoms with van der Waals surface area (Å²) in [4.78, 5) is 17.6. The number of ether oxygens (including phenoxy) is 1. The van der Waals surface area contributed by atoms with Gasteiger partial charge < -0.3 is 10.1 Å². The normalized spacial score (nSPS) is 15.1. The standard InChI is InChI=1S/C29H26N2O2/c1-19-8-10-22(11-9-19)27-26(28(32)31-29(27,2)3)21-13-16-24(17-14-21)33-18-23-15-12-20-6-4-5-7-25(20)30-23/h4-17H,18H2,1-3H3,(H,31,32). The quantitative estimate of drug-likeness (QED) is 0.423. The van der Waals surface area contributed by atoms with Gasteiger partial charge in [0.05, 0.1) is 22.3 Å². The third kappa shape index (κ3) is 4.12. The van der Waals surface area contributed by atoms with Gasteiger partial charge in [0, 0.05) is 5.39 Å². The van der Waals surface area contributed by atoms with E-state index < -0.39 is 5.54 Å². The van der Waals surface area contributed by atoms with Gasteiger partial charge in [0.2, 0.25) is 0 Å². The number of amides is 1. The second-order valence-electron chi connectivity index (χ2n) is 9.00. The fraction of sp³-hybridized carbons (Fsp3) is 0.172. The molecule has 2 heterocycles. The van der Waals surface area contributed by atoms with E-state index >= 15 is 0 Å². The molecular formula is C29H26N2O2. The van der Waals surface area contributed by atoms with E-state index in [9.17, 15) is 4.79 Å². The van der Waals surface area contributed by atoms with Crippen LogP contribution in [0.3, 0.4) is 0 Å². The third-order valence-electron chi connectivity index (χ3n) is 6.05. The van der Waals surface area contributed by atoms with Crippen molar-refractivity contribution in [2.75, 3.05) is 0 Å². The number of aryl methyl sites for hydroxylation is 1. The van der Waals surface area contributed by atoms with Crippen LogP contribution in [0.1, 0.15) is 36.2 Å². The predicted octanol–water partition coefficient (Wildman–Crippen LogP) is 5.94. The van der Waals surface area contributed by atoms with E-state index in [0.29, 0.717) is 12.2 Å². The van der Waals surface area contributed by atoms with Crippen molar-refractivity contribution in [1.82, 2.24) is 10.3 Å². The minimum absolute atomic E-state index is 0.0513. The predicted molar refractivity (Wildman–Crippen MR) is 133 cm³/mol. The van der Waals surface area contributed by atoms with Gasteiger partial charge in [-0.2, -0.15) is 0 Å². The summed E-state index contributed by atoms with van der Waals surface area (Å²) in [7, 11) is 0. The van der Waals surface area contributed by atoms with Crippen LogP contribution in [0.2, 0.25) is 0 Å². The first kappa shape index (κ1) is 21.0. The molecule has 164 valence electrons. The number of aromatic nitrogens is 1. The van der Waals surface area contributed by atoms with Crippen LogP contribution < -0.4 is 10.1 Å². The first-order valence-electron chi connectivity index (χ1n) is 11.1. The Bertz CT molecular complexity index is 1370. The highest BCUT2D eigenvalue weighted by atomic mass is 16.5. The maximum atomic E-state index is 12.9. The molecule has 4 heteroatoms. The van der Waals surface area contributed by atoms with E-state index in [2.05, 4.69) is 47.6 Å². The number of pyridine rings is 1. The second kappa shape index (κ2) is 8.21. The van der Waals surface area contributed by atoms with Crippen LogP contribution >= 0.6 is 0 Å². The molecule has 1 aliphatic rings. The first-order valence-corrected chi connectivity index (χ1v) is 11.1. The molecule has 0 saturated heterocycles. The van der Waals surface area contributed by atoms with Gasteiger partial charge in [-0.25, -0.2) is 4.98 Å². The van der Waals surface area contributed by atoms with Crippen LogP contribution in [0, 0.1) is 6.92 Å². The summed E-state index contributed by atoms with van der Waals surface area (Å²) in [6.07, 6.45) is 0. The fourth-order valence-corrected chi connectivity index (χ4v) is 4.40. The van der Waals surface area contributed by atoms with Gasteiger partial charge in [-0.3, -0.25) is 4.79 Å². The van der Waals surface area contributed by atoms with Gasteiger partial charge >= 0.3 is 0 Å². The van der Waals surface area contributed by atoms with Crippen LogP contribution in [-0.2, 0) is 11.4 Å².